The Bertz CT molecular complexity index is 887. The number of carbonyl (C=O) groups is 1. The van der Waals surface area contributed by atoms with Crippen molar-refractivity contribution in [3.05, 3.63) is 90.5 Å². The fourth-order valence-electron chi connectivity index (χ4n) is 2.34. The van der Waals surface area contributed by atoms with E-state index in [0.717, 1.165) is 17.1 Å². The van der Waals surface area contributed by atoms with E-state index < -0.39 is 0 Å². The van der Waals surface area contributed by atoms with Crippen molar-refractivity contribution in [2.45, 2.75) is 0 Å². The molecule has 0 unspecified atom stereocenters. The van der Waals surface area contributed by atoms with Crippen LogP contribution in [0, 0.1) is 0 Å². The third-order valence-corrected chi connectivity index (χ3v) is 3.62. The van der Waals surface area contributed by atoms with E-state index in [0.29, 0.717) is 11.4 Å². The molecule has 0 bridgehead atoms. The molecule has 3 aromatic rings. The maximum atomic E-state index is 12.1. The van der Waals surface area contributed by atoms with Gasteiger partial charge >= 0.3 is 0 Å². The third-order valence-electron chi connectivity index (χ3n) is 3.62. The lowest BCUT2D eigenvalue weighted by atomic mass is 10.2. The summed E-state index contributed by atoms with van der Waals surface area (Å²) in [7, 11) is 1.60. The van der Waals surface area contributed by atoms with Crippen molar-refractivity contribution in [1.82, 2.24) is 0 Å². The summed E-state index contributed by atoms with van der Waals surface area (Å²) in [6.45, 7) is 0. The minimum Gasteiger partial charge on any atom is -0.497 e. The molecule has 0 saturated heterocycles. The van der Waals surface area contributed by atoms with Crippen LogP contribution in [0.4, 0.5) is 5.69 Å². The van der Waals surface area contributed by atoms with Gasteiger partial charge in [-0.1, -0.05) is 30.3 Å². The van der Waals surface area contributed by atoms with Gasteiger partial charge in [-0.05, 0) is 60.2 Å². The van der Waals surface area contributed by atoms with Crippen LogP contribution < -0.4 is 14.8 Å². The molecule has 26 heavy (non-hydrogen) atoms. The minimum atomic E-state index is -0.204. The normalized spacial score (nSPS) is 10.5. The maximum absolute atomic E-state index is 12.1. The van der Waals surface area contributed by atoms with Crippen LogP contribution in [0.15, 0.2) is 84.9 Å². The van der Waals surface area contributed by atoms with Crippen molar-refractivity contribution in [3.8, 4) is 17.2 Å². The summed E-state index contributed by atoms with van der Waals surface area (Å²) in [4.78, 5) is 12.1. The van der Waals surface area contributed by atoms with Crippen LogP contribution in [0.5, 0.6) is 17.2 Å². The number of carbonyl (C=O) groups excluding carboxylic acids is 1. The van der Waals surface area contributed by atoms with E-state index in [9.17, 15) is 4.79 Å². The number of anilines is 1. The molecule has 0 fully saturated rings. The second kappa shape index (κ2) is 8.53. The van der Waals surface area contributed by atoms with Crippen LogP contribution in [0.1, 0.15) is 5.56 Å². The number of hydrogen-bond donors (Lipinski definition) is 1. The van der Waals surface area contributed by atoms with Crippen molar-refractivity contribution >= 4 is 17.7 Å². The van der Waals surface area contributed by atoms with Crippen LogP contribution in [0.3, 0.4) is 0 Å². The third kappa shape index (κ3) is 4.98. The molecular weight excluding hydrogens is 326 g/mol. The molecule has 0 aromatic heterocycles. The highest BCUT2D eigenvalue weighted by Gasteiger charge is 2.00. The molecule has 3 aromatic carbocycles. The lowest BCUT2D eigenvalue weighted by Crippen LogP contribution is -2.07. The number of para-hydroxylation sites is 1. The van der Waals surface area contributed by atoms with E-state index in [1.165, 1.54) is 6.08 Å². The lowest BCUT2D eigenvalue weighted by Gasteiger charge is -2.06. The molecule has 0 spiro atoms. The fraction of sp³-hybridized carbons (Fsp3) is 0.0455. The molecule has 4 heteroatoms. The summed E-state index contributed by atoms with van der Waals surface area (Å²) in [6, 6.07) is 24.3. The number of nitrogens with one attached hydrogen (secondary N) is 1. The second-order valence-corrected chi connectivity index (χ2v) is 5.54. The maximum Gasteiger partial charge on any atom is 0.248 e. The summed E-state index contributed by atoms with van der Waals surface area (Å²) in [5, 5.41) is 2.81. The standard InChI is InChI=1S/C22H19NO3/c1-25-19-13-11-18(12-14-19)23-22(24)15-10-17-6-5-9-21(16-17)26-20-7-3-2-4-8-20/h2-16H,1H3,(H,23,24)/b15-10+. The summed E-state index contributed by atoms with van der Waals surface area (Å²) in [5.41, 5.74) is 1.59. The molecular formula is C22H19NO3. The van der Waals surface area contributed by atoms with Crippen LogP contribution in [-0.2, 0) is 4.79 Å². The molecule has 130 valence electrons. The first kappa shape index (κ1) is 17.3. The molecule has 0 aliphatic carbocycles. The van der Waals surface area contributed by atoms with E-state index >= 15 is 0 Å². The number of ether oxygens (including phenoxy) is 2. The van der Waals surface area contributed by atoms with Gasteiger partial charge < -0.3 is 14.8 Å². The van der Waals surface area contributed by atoms with Crippen molar-refractivity contribution in [2.75, 3.05) is 12.4 Å². The smallest absolute Gasteiger partial charge is 0.248 e. The van der Waals surface area contributed by atoms with Crippen LogP contribution >= 0.6 is 0 Å². The summed E-state index contributed by atoms with van der Waals surface area (Å²) >= 11 is 0. The van der Waals surface area contributed by atoms with Crippen molar-refractivity contribution < 1.29 is 14.3 Å². The van der Waals surface area contributed by atoms with Crippen LogP contribution in [0.2, 0.25) is 0 Å². The highest BCUT2D eigenvalue weighted by atomic mass is 16.5. The number of amides is 1. The van der Waals surface area contributed by atoms with E-state index in [1.54, 1.807) is 37.5 Å². The molecule has 0 radical (unpaired) electrons. The Kier molecular flexibility index (Phi) is 5.68. The van der Waals surface area contributed by atoms with E-state index in [-0.39, 0.29) is 5.91 Å². The van der Waals surface area contributed by atoms with Gasteiger partial charge in [-0.2, -0.15) is 0 Å². The van der Waals surface area contributed by atoms with Gasteiger partial charge in [0.15, 0.2) is 0 Å². The Morgan fingerprint density at radius 1 is 0.846 bits per heavy atom. The molecule has 1 amide bonds. The molecule has 0 atom stereocenters. The minimum absolute atomic E-state index is 0.204. The first-order valence-electron chi connectivity index (χ1n) is 8.19. The molecule has 0 aliphatic rings. The van der Waals surface area contributed by atoms with Gasteiger partial charge in [-0.15, -0.1) is 0 Å². The number of benzene rings is 3. The lowest BCUT2D eigenvalue weighted by molar-refractivity contribution is -0.111. The second-order valence-electron chi connectivity index (χ2n) is 5.54. The Morgan fingerprint density at radius 3 is 2.31 bits per heavy atom. The Morgan fingerprint density at radius 2 is 1.58 bits per heavy atom. The van der Waals surface area contributed by atoms with E-state index in [2.05, 4.69) is 5.32 Å². The van der Waals surface area contributed by atoms with Crippen molar-refractivity contribution in [3.63, 3.8) is 0 Å². The van der Waals surface area contributed by atoms with E-state index in [1.807, 2.05) is 54.6 Å². The van der Waals surface area contributed by atoms with Gasteiger partial charge in [-0.3, -0.25) is 4.79 Å². The van der Waals surface area contributed by atoms with Crippen molar-refractivity contribution in [2.24, 2.45) is 0 Å². The van der Waals surface area contributed by atoms with Gasteiger partial charge in [-0.25, -0.2) is 0 Å². The Hall–Kier alpha value is -3.53. The first-order valence-corrected chi connectivity index (χ1v) is 8.19. The van der Waals surface area contributed by atoms with Gasteiger partial charge in [0, 0.05) is 11.8 Å². The summed E-state index contributed by atoms with van der Waals surface area (Å²) in [5.74, 6) is 2.03. The summed E-state index contributed by atoms with van der Waals surface area (Å²) in [6.07, 6.45) is 3.24. The van der Waals surface area contributed by atoms with Crippen LogP contribution in [0.25, 0.3) is 6.08 Å². The van der Waals surface area contributed by atoms with Crippen LogP contribution in [-0.4, -0.2) is 13.0 Å². The molecule has 1 N–H and O–H groups in total. The molecule has 0 heterocycles. The average Bonchev–Trinajstić information content (AvgIpc) is 2.68. The first-order chi connectivity index (χ1) is 12.7. The predicted octanol–water partition coefficient (Wildman–Crippen LogP) is 5.14. The van der Waals surface area contributed by atoms with Gasteiger partial charge in [0.25, 0.3) is 0 Å². The fourth-order valence-corrected chi connectivity index (χ4v) is 2.34. The van der Waals surface area contributed by atoms with Crippen molar-refractivity contribution in [1.29, 1.82) is 0 Å². The van der Waals surface area contributed by atoms with Gasteiger partial charge in [0.2, 0.25) is 5.91 Å². The quantitative estimate of drug-likeness (QED) is 0.629. The molecule has 3 rings (SSSR count). The topological polar surface area (TPSA) is 47.6 Å². The summed E-state index contributed by atoms with van der Waals surface area (Å²) < 4.78 is 10.9. The molecule has 0 aliphatic heterocycles. The zero-order valence-corrected chi connectivity index (χ0v) is 14.4. The number of hydrogen-bond acceptors (Lipinski definition) is 3. The highest BCUT2D eigenvalue weighted by Crippen LogP contribution is 2.22. The Labute approximate surface area is 152 Å². The molecule has 0 saturated carbocycles. The van der Waals surface area contributed by atoms with E-state index in [4.69, 9.17) is 9.47 Å². The zero-order chi connectivity index (χ0) is 18.2. The number of rotatable bonds is 6. The number of methoxy groups -OCH3 is 1. The van der Waals surface area contributed by atoms with Gasteiger partial charge in [0.05, 0.1) is 7.11 Å². The highest BCUT2D eigenvalue weighted by molar-refractivity contribution is 6.01. The predicted molar refractivity (Wildman–Crippen MR) is 104 cm³/mol. The van der Waals surface area contributed by atoms with Gasteiger partial charge in [0.1, 0.15) is 17.2 Å². The average molecular weight is 345 g/mol. The largest absolute Gasteiger partial charge is 0.497 e. The zero-order valence-electron chi connectivity index (χ0n) is 14.4. The molecule has 4 nitrogen and oxygen atoms in total. The Balaban J connectivity index is 1.62. The monoisotopic (exact) mass is 345 g/mol. The SMILES string of the molecule is COc1ccc(NC(=O)/C=C/c2cccc(Oc3ccccc3)c2)cc1.